The van der Waals surface area contributed by atoms with E-state index < -0.39 is 0 Å². The van der Waals surface area contributed by atoms with Crippen LogP contribution in [0.5, 0.6) is 0 Å². The number of carbonyl (C=O) groups is 1. The molecule has 8 nitrogen and oxygen atoms in total. The molecule has 0 spiro atoms. The fourth-order valence-corrected chi connectivity index (χ4v) is 4.59. The fourth-order valence-electron chi connectivity index (χ4n) is 4.07. The van der Waals surface area contributed by atoms with Gasteiger partial charge < -0.3 is 4.74 Å². The highest BCUT2D eigenvalue weighted by molar-refractivity contribution is 7.13. The molecule has 1 fully saturated rings. The number of hydrogen-bond donors (Lipinski definition) is 1. The molecule has 1 atom stereocenters. The van der Waals surface area contributed by atoms with E-state index in [1.54, 1.807) is 6.20 Å². The Labute approximate surface area is 189 Å². The van der Waals surface area contributed by atoms with Crippen molar-refractivity contribution in [1.29, 1.82) is 0 Å². The molecule has 0 bridgehead atoms. The summed E-state index contributed by atoms with van der Waals surface area (Å²) in [7, 11) is 1.94. The number of nitrogens with one attached hydrogen (secondary N) is 1. The molecule has 1 unspecified atom stereocenters. The number of para-hydroxylation sites is 1. The van der Waals surface area contributed by atoms with Gasteiger partial charge in [-0.15, -0.1) is 11.3 Å². The highest BCUT2D eigenvalue weighted by Gasteiger charge is 2.26. The number of rotatable bonds is 5. The van der Waals surface area contributed by atoms with E-state index in [2.05, 4.69) is 26.5 Å². The predicted octanol–water partition coefficient (Wildman–Crippen LogP) is 3.56. The monoisotopic (exact) mass is 448 g/mol. The Kier molecular flexibility index (Phi) is 5.69. The zero-order valence-electron chi connectivity index (χ0n) is 18.0. The summed E-state index contributed by atoms with van der Waals surface area (Å²) in [6.45, 7) is 5.00. The molecule has 32 heavy (non-hydrogen) atoms. The van der Waals surface area contributed by atoms with E-state index in [0.717, 1.165) is 35.4 Å². The summed E-state index contributed by atoms with van der Waals surface area (Å²) >= 11 is 1.39. The zero-order chi connectivity index (χ0) is 22.1. The van der Waals surface area contributed by atoms with Gasteiger partial charge in [0.15, 0.2) is 5.13 Å². The Balaban J connectivity index is 1.43. The lowest BCUT2D eigenvalue weighted by Crippen LogP contribution is -2.38. The van der Waals surface area contributed by atoms with Crippen molar-refractivity contribution in [1.82, 2.24) is 24.6 Å². The van der Waals surface area contributed by atoms with Crippen LogP contribution in [-0.2, 0) is 18.3 Å². The largest absolute Gasteiger partial charge is 0.369 e. The molecule has 1 saturated heterocycles. The van der Waals surface area contributed by atoms with E-state index in [1.165, 1.54) is 16.9 Å². The third kappa shape index (κ3) is 4.27. The van der Waals surface area contributed by atoms with Gasteiger partial charge in [-0.05, 0) is 19.1 Å². The maximum absolute atomic E-state index is 13.1. The smallest absolute Gasteiger partial charge is 0.258 e. The molecule has 1 amide bonds. The Morgan fingerprint density at radius 2 is 2.22 bits per heavy atom. The number of pyridine rings is 1. The van der Waals surface area contributed by atoms with Crippen LogP contribution >= 0.6 is 11.3 Å². The molecule has 0 aliphatic carbocycles. The molecule has 0 saturated carbocycles. The third-order valence-corrected chi connectivity index (χ3v) is 6.31. The van der Waals surface area contributed by atoms with E-state index in [9.17, 15) is 4.79 Å². The van der Waals surface area contributed by atoms with Gasteiger partial charge in [0.05, 0.1) is 29.1 Å². The quantitative estimate of drug-likeness (QED) is 0.503. The van der Waals surface area contributed by atoms with Crippen LogP contribution in [0.1, 0.15) is 33.4 Å². The van der Waals surface area contributed by atoms with Crippen LogP contribution in [0, 0.1) is 6.92 Å². The summed E-state index contributed by atoms with van der Waals surface area (Å²) in [6.07, 6.45) is 3.52. The number of fused-ring (bicyclic) bond motifs is 1. The Hall–Kier alpha value is -3.14. The second-order valence-corrected chi connectivity index (χ2v) is 8.81. The van der Waals surface area contributed by atoms with Crippen LogP contribution in [0.3, 0.4) is 0 Å². The maximum Gasteiger partial charge on any atom is 0.258 e. The molecular formula is C23H24N6O2S. The Morgan fingerprint density at radius 1 is 1.34 bits per heavy atom. The topological polar surface area (TPSA) is 85.2 Å². The van der Waals surface area contributed by atoms with Gasteiger partial charge in [-0.1, -0.05) is 18.2 Å². The maximum atomic E-state index is 13.1. The molecule has 9 heteroatoms. The first-order valence-electron chi connectivity index (χ1n) is 10.5. The molecule has 4 heterocycles. The molecule has 164 valence electrons. The molecule has 0 radical (unpaired) electrons. The van der Waals surface area contributed by atoms with Gasteiger partial charge in [0.1, 0.15) is 6.10 Å². The first-order valence-corrected chi connectivity index (χ1v) is 11.4. The summed E-state index contributed by atoms with van der Waals surface area (Å²) in [4.78, 5) is 24.4. The molecule has 1 aromatic carbocycles. The number of carbonyl (C=O) groups excluding carboxylic acids is 1. The highest BCUT2D eigenvalue weighted by atomic mass is 32.1. The number of thiazole rings is 1. The zero-order valence-corrected chi connectivity index (χ0v) is 18.8. The average Bonchev–Trinajstić information content (AvgIpc) is 3.42. The lowest BCUT2D eigenvalue weighted by Gasteiger charge is -2.32. The van der Waals surface area contributed by atoms with E-state index in [0.29, 0.717) is 23.8 Å². The van der Waals surface area contributed by atoms with Gasteiger partial charge in [-0.2, -0.15) is 5.10 Å². The van der Waals surface area contributed by atoms with Crippen LogP contribution in [0.2, 0.25) is 0 Å². The van der Waals surface area contributed by atoms with Crippen LogP contribution in [0.25, 0.3) is 10.9 Å². The first kappa shape index (κ1) is 20.7. The van der Waals surface area contributed by atoms with Crippen LogP contribution in [0.4, 0.5) is 5.13 Å². The SMILES string of the molecule is Cc1nn(C)cc1CN1CCOC(c2cc(C(=O)Nc3nccs3)c3ccccc3n2)C1. The average molecular weight is 449 g/mol. The van der Waals surface area contributed by atoms with Gasteiger partial charge in [-0.3, -0.25) is 19.7 Å². The van der Waals surface area contributed by atoms with Crippen molar-refractivity contribution in [3.63, 3.8) is 0 Å². The predicted molar refractivity (Wildman–Crippen MR) is 124 cm³/mol. The normalized spacial score (nSPS) is 17.0. The number of hydrogen-bond acceptors (Lipinski definition) is 7. The van der Waals surface area contributed by atoms with E-state index in [1.807, 2.05) is 54.4 Å². The number of amides is 1. The summed E-state index contributed by atoms with van der Waals surface area (Å²) in [5.41, 5.74) is 4.37. The van der Waals surface area contributed by atoms with Crippen molar-refractivity contribution < 1.29 is 9.53 Å². The minimum Gasteiger partial charge on any atom is -0.369 e. The van der Waals surface area contributed by atoms with Crippen LogP contribution in [0.15, 0.2) is 48.1 Å². The van der Waals surface area contributed by atoms with E-state index in [-0.39, 0.29) is 12.0 Å². The van der Waals surface area contributed by atoms with Gasteiger partial charge in [0, 0.05) is 55.4 Å². The Bertz CT molecular complexity index is 1250. The number of morpholine rings is 1. The van der Waals surface area contributed by atoms with Gasteiger partial charge in [0.2, 0.25) is 0 Å². The van der Waals surface area contributed by atoms with Crippen molar-refractivity contribution in [2.75, 3.05) is 25.0 Å². The third-order valence-electron chi connectivity index (χ3n) is 5.62. The second kappa shape index (κ2) is 8.78. The van der Waals surface area contributed by atoms with Crippen molar-refractivity contribution in [2.45, 2.75) is 19.6 Å². The highest BCUT2D eigenvalue weighted by Crippen LogP contribution is 2.27. The minimum absolute atomic E-state index is 0.196. The summed E-state index contributed by atoms with van der Waals surface area (Å²) in [5, 5.41) is 10.6. The molecule has 5 rings (SSSR count). The standard InChI is InChI=1S/C23H24N6O2S/c1-15-16(12-28(2)27-15)13-29-8-9-31-21(14-29)20-11-18(17-5-3-4-6-19(17)25-20)22(30)26-23-24-7-10-32-23/h3-7,10-12,21H,8-9,13-14H2,1-2H3,(H,24,26,30). The van der Waals surface area contributed by atoms with Gasteiger partial charge in [-0.25, -0.2) is 9.97 Å². The van der Waals surface area contributed by atoms with Gasteiger partial charge in [0.25, 0.3) is 5.91 Å². The van der Waals surface area contributed by atoms with Crippen molar-refractivity contribution in [3.05, 3.63) is 70.6 Å². The summed E-state index contributed by atoms with van der Waals surface area (Å²) in [6, 6.07) is 9.55. The lowest BCUT2D eigenvalue weighted by atomic mass is 10.0. The number of ether oxygens (including phenoxy) is 1. The summed E-state index contributed by atoms with van der Waals surface area (Å²) < 4.78 is 7.94. The summed E-state index contributed by atoms with van der Waals surface area (Å²) in [5.74, 6) is -0.196. The fraction of sp³-hybridized carbons (Fsp3) is 0.304. The van der Waals surface area contributed by atoms with Crippen molar-refractivity contribution in [3.8, 4) is 0 Å². The molecule has 4 aromatic rings. The lowest BCUT2D eigenvalue weighted by molar-refractivity contribution is -0.0349. The molecule has 1 aliphatic rings. The van der Waals surface area contributed by atoms with E-state index in [4.69, 9.17) is 9.72 Å². The van der Waals surface area contributed by atoms with Crippen molar-refractivity contribution in [2.24, 2.45) is 7.05 Å². The molecule has 1 aliphatic heterocycles. The van der Waals surface area contributed by atoms with Crippen molar-refractivity contribution >= 4 is 33.3 Å². The second-order valence-electron chi connectivity index (χ2n) is 7.91. The number of benzene rings is 1. The van der Waals surface area contributed by atoms with Crippen LogP contribution < -0.4 is 5.32 Å². The van der Waals surface area contributed by atoms with Gasteiger partial charge >= 0.3 is 0 Å². The minimum atomic E-state index is -0.211. The molecular weight excluding hydrogens is 424 g/mol. The Morgan fingerprint density at radius 3 is 3.00 bits per heavy atom. The van der Waals surface area contributed by atoms with E-state index >= 15 is 0 Å². The molecule has 1 N–H and O–H groups in total. The molecule has 3 aromatic heterocycles. The first-order chi connectivity index (χ1) is 15.6. The number of aryl methyl sites for hydroxylation is 2. The number of anilines is 1. The number of aromatic nitrogens is 4. The van der Waals surface area contributed by atoms with Crippen LogP contribution in [-0.4, -0.2) is 50.3 Å². The number of nitrogens with zero attached hydrogens (tertiary/aromatic N) is 5.